The van der Waals surface area contributed by atoms with Crippen molar-refractivity contribution in [2.75, 3.05) is 32.0 Å². The summed E-state index contributed by atoms with van der Waals surface area (Å²) in [5.41, 5.74) is 0. The first-order valence-corrected chi connectivity index (χ1v) is 7.46. The van der Waals surface area contributed by atoms with Crippen LogP contribution >= 0.6 is 19.2 Å². The van der Waals surface area contributed by atoms with Crippen molar-refractivity contribution in [1.29, 1.82) is 0 Å². The van der Waals surface area contributed by atoms with Gasteiger partial charge >= 0.3 is 7.60 Å². The summed E-state index contributed by atoms with van der Waals surface area (Å²) in [6.45, 7) is 5.03. The smallest absolute Gasteiger partial charge is 0.330 e. The molecule has 0 saturated heterocycles. The fourth-order valence-corrected chi connectivity index (χ4v) is 2.96. The Bertz CT molecular complexity index is 179. The summed E-state index contributed by atoms with van der Waals surface area (Å²) in [7, 11) is -2.86. The van der Waals surface area contributed by atoms with Crippen LogP contribution in [0, 0.1) is 0 Å². The Kier molecular flexibility index (Phi) is 9.87. The van der Waals surface area contributed by atoms with Crippen LogP contribution in [0.15, 0.2) is 0 Å². The first-order valence-electron chi connectivity index (χ1n) is 5.20. The molecule has 0 bridgehead atoms. The van der Waals surface area contributed by atoms with Crippen molar-refractivity contribution in [1.82, 2.24) is 0 Å². The fraction of sp³-hybridized carbons (Fsp3) is 1.00. The van der Waals surface area contributed by atoms with Crippen molar-refractivity contribution in [2.45, 2.75) is 26.7 Å². The topological polar surface area (TPSA) is 44.8 Å². The molecule has 0 rings (SSSR count). The summed E-state index contributed by atoms with van der Waals surface area (Å²) in [6, 6.07) is 0.203. The number of ether oxygens (including phenoxy) is 1. The van der Waals surface area contributed by atoms with Gasteiger partial charge in [0.25, 0.3) is 0 Å². The molecule has 0 aliphatic heterocycles. The summed E-state index contributed by atoms with van der Waals surface area (Å²) in [6.07, 6.45) is 2.02. The molecule has 15 heavy (non-hydrogen) atoms. The lowest BCUT2D eigenvalue weighted by molar-refractivity contribution is 0.173. The molecule has 0 aromatic carbocycles. The molecule has 0 aliphatic carbocycles. The molecule has 4 nitrogen and oxygen atoms in total. The van der Waals surface area contributed by atoms with Crippen LogP contribution in [0.3, 0.4) is 0 Å². The van der Waals surface area contributed by atoms with Crippen molar-refractivity contribution >= 4 is 19.2 Å². The lowest BCUT2D eigenvalue weighted by Gasteiger charge is -2.16. The van der Waals surface area contributed by atoms with Crippen LogP contribution in [0.4, 0.5) is 0 Å². The van der Waals surface area contributed by atoms with Crippen molar-refractivity contribution in [3.8, 4) is 0 Å². The summed E-state index contributed by atoms with van der Waals surface area (Å²) in [5, 5.41) is 0. The van der Waals surface area contributed by atoms with E-state index in [2.05, 4.69) is 0 Å². The first kappa shape index (κ1) is 15.4. The average Bonchev–Trinajstić information content (AvgIpc) is 2.18. The molecule has 0 atom stereocenters. The highest BCUT2D eigenvalue weighted by molar-refractivity contribution is 7.53. The Morgan fingerprint density at radius 1 is 1.13 bits per heavy atom. The van der Waals surface area contributed by atoms with Crippen LogP contribution in [0.2, 0.25) is 0 Å². The minimum Gasteiger partial charge on any atom is -0.366 e. The lowest BCUT2D eigenvalue weighted by atomic mass is 10.4. The monoisotopic (exact) mass is 258 g/mol. The number of hydrogen-bond acceptors (Lipinski definition) is 4. The van der Waals surface area contributed by atoms with Crippen LogP contribution in [0.1, 0.15) is 26.7 Å². The first-order chi connectivity index (χ1) is 7.18. The maximum atomic E-state index is 11.9. The van der Waals surface area contributed by atoms with Gasteiger partial charge in [-0.1, -0.05) is 11.6 Å². The number of halogens is 1. The van der Waals surface area contributed by atoms with Crippen molar-refractivity contribution in [3.63, 3.8) is 0 Å². The third-order valence-corrected chi connectivity index (χ3v) is 4.02. The number of alkyl halides is 1. The molecular formula is C9H20ClO4P. The summed E-state index contributed by atoms with van der Waals surface area (Å²) >= 11 is 5.34. The van der Waals surface area contributed by atoms with Crippen LogP contribution in [0.5, 0.6) is 0 Å². The van der Waals surface area contributed by atoms with Crippen molar-refractivity contribution in [2.24, 2.45) is 0 Å². The second-order valence-corrected chi connectivity index (χ2v) is 5.30. The van der Waals surface area contributed by atoms with Crippen molar-refractivity contribution in [3.05, 3.63) is 0 Å². The highest BCUT2D eigenvalue weighted by Crippen LogP contribution is 2.48. The van der Waals surface area contributed by atoms with Gasteiger partial charge in [-0.3, -0.25) is 4.57 Å². The zero-order chi connectivity index (χ0) is 11.6. The minimum absolute atomic E-state index is 0.203. The molecule has 0 N–H and O–H groups in total. The molecule has 0 saturated carbocycles. The van der Waals surface area contributed by atoms with Gasteiger partial charge in [-0.15, -0.1) is 0 Å². The fourth-order valence-electron chi connectivity index (χ4n) is 1.12. The van der Waals surface area contributed by atoms with Gasteiger partial charge in [0.15, 0.2) is 0 Å². The predicted octanol–water partition coefficient (Wildman–Crippen LogP) is 3.25. The summed E-state index contributed by atoms with van der Waals surface area (Å²) in [5.74, 6) is 0. The largest absolute Gasteiger partial charge is 0.366 e. The van der Waals surface area contributed by atoms with E-state index >= 15 is 0 Å². The number of rotatable bonds is 10. The molecule has 0 heterocycles. The Morgan fingerprint density at radius 3 is 2.20 bits per heavy atom. The van der Waals surface area contributed by atoms with Gasteiger partial charge in [0.2, 0.25) is 0 Å². The highest BCUT2D eigenvalue weighted by Gasteiger charge is 2.22. The highest BCUT2D eigenvalue weighted by atomic mass is 35.5. The van der Waals surface area contributed by atoms with Gasteiger partial charge in [0, 0.05) is 6.61 Å². The number of hydrogen-bond donors (Lipinski definition) is 0. The van der Waals surface area contributed by atoms with Crippen LogP contribution in [-0.4, -0.2) is 32.0 Å². The van der Waals surface area contributed by atoms with Crippen molar-refractivity contribution < 1.29 is 18.3 Å². The van der Waals surface area contributed by atoms with Crippen LogP contribution < -0.4 is 0 Å². The molecular weight excluding hydrogens is 239 g/mol. The van der Waals surface area contributed by atoms with Crippen LogP contribution in [-0.2, 0) is 18.3 Å². The molecule has 0 aliphatic rings. The van der Waals surface area contributed by atoms with E-state index in [0.29, 0.717) is 26.0 Å². The minimum atomic E-state index is -2.86. The normalized spacial score (nSPS) is 11.9. The Hall–Kier alpha value is 0.400. The Labute approximate surface area is 96.8 Å². The zero-order valence-electron chi connectivity index (χ0n) is 9.41. The molecule has 6 heteroatoms. The van der Waals surface area contributed by atoms with E-state index in [1.807, 2.05) is 13.8 Å². The molecule has 0 unspecified atom stereocenters. The molecule has 0 aromatic rings. The summed E-state index contributed by atoms with van der Waals surface area (Å²) in [4.78, 5) is 0. The van der Waals surface area contributed by atoms with Gasteiger partial charge in [0.1, 0.15) is 6.07 Å². The molecule has 0 radical (unpaired) electrons. The van der Waals surface area contributed by atoms with E-state index in [4.69, 9.17) is 25.4 Å². The van der Waals surface area contributed by atoms with E-state index in [0.717, 1.165) is 12.8 Å². The SMILES string of the molecule is CCOP(=O)(CCCCOCCl)OCC. The average molecular weight is 259 g/mol. The van der Waals surface area contributed by atoms with Gasteiger partial charge in [-0.05, 0) is 26.7 Å². The lowest BCUT2D eigenvalue weighted by Crippen LogP contribution is -2.01. The van der Waals surface area contributed by atoms with Crippen LogP contribution in [0.25, 0.3) is 0 Å². The van der Waals surface area contributed by atoms with E-state index in [-0.39, 0.29) is 6.07 Å². The van der Waals surface area contributed by atoms with Gasteiger partial charge in [-0.2, -0.15) is 0 Å². The molecule has 0 amide bonds. The molecule has 0 fully saturated rings. The molecule has 0 aromatic heterocycles. The van der Waals surface area contributed by atoms with Gasteiger partial charge in [-0.25, -0.2) is 0 Å². The van der Waals surface area contributed by atoms with E-state index in [1.54, 1.807) is 0 Å². The Balaban J connectivity index is 3.71. The van der Waals surface area contributed by atoms with E-state index in [9.17, 15) is 4.57 Å². The summed E-state index contributed by atoms with van der Waals surface area (Å²) < 4.78 is 27.2. The maximum absolute atomic E-state index is 11.9. The second-order valence-electron chi connectivity index (χ2n) is 2.89. The third-order valence-electron chi connectivity index (χ3n) is 1.70. The van der Waals surface area contributed by atoms with E-state index in [1.165, 1.54) is 0 Å². The maximum Gasteiger partial charge on any atom is 0.330 e. The third kappa shape index (κ3) is 8.23. The standard InChI is InChI=1S/C9H20ClO4P/c1-3-13-15(11,14-4-2)8-6-5-7-12-9-10/h3-9H2,1-2H3. The van der Waals surface area contributed by atoms with Gasteiger partial charge in [0.05, 0.1) is 19.4 Å². The quantitative estimate of drug-likeness (QED) is 0.343. The molecule has 92 valence electrons. The van der Waals surface area contributed by atoms with E-state index < -0.39 is 7.60 Å². The molecule has 0 spiro atoms. The zero-order valence-corrected chi connectivity index (χ0v) is 11.1. The Morgan fingerprint density at radius 2 is 1.73 bits per heavy atom. The number of unbranched alkanes of at least 4 members (excludes halogenated alkanes) is 1. The van der Waals surface area contributed by atoms with Gasteiger partial charge < -0.3 is 13.8 Å². The second kappa shape index (κ2) is 9.61. The predicted molar refractivity (Wildman–Crippen MR) is 61.6 cm³/mol.